The van der Waals surface area contributed by atoms with Crippen LogP contribution in [0.4, 0.5) is 0 Å². The molecule has 1 fully saturated rings. The van der Waals surface area contributed by atoms with Crippen molar-refractivity contribution in [3.05, 3.63) is 0 Å². The molecule has 5 nitrogen and oxygen atoms in total. The highest BCUT2D eigenvalue weighted by atomic mass is 32.2. The van der Waals surface area contributed by atoms with Gasteiger partial charge < -0.3 is 15.7 Å². The van der Waals surface area contributed by atoms with E-state index in [0.29, 0.717) is 25.1 Å². The summed E-state index contributed by atoms with van der Waals surface area (Å²) in [5.41, 5.74) is -0.810. The van der Waals surface area contributed by atoms with Gasteiger partial charge in [0.1, 0.15) is 5.54 Å². The molecule has 2 atom stereocenters. The number of amides is 1. The predicted octanol–water partition coefficient (Wildman–Crippen LogP) is 1.23. The van der Waals surface area contributed by atoms with E-state index >= 15 is 0 Å². The van der Waals surface area contributed by atoms with E-state index in [1.807, 2.05) is 6.92 Å². The van der Waals surface area contributed by atoms with Crippen LogP contribution in [0.2, 0.25) is 0 Å². The van der Waals surface area contributed by atoms with Crippen LogP contribution in [0.25, 0.3) is 0 Å². The number of rotatable bonds is 7. The summed E-state index contributed by atoms with van der Waals surface area (Å²) in [7, 11) is 1.70. The average molecular weight is 288 g/mol. The average Bonchev–Trinajstić information content (AvgIpc) is 2.42. The summed E-state index contributed by atoms with van der Waals surface area (Å²) in [5, 5.41) is 15.4. The molecular formula is C13H24N2O3S. The summed E-state index contributed by atoms with van der Waals surface area (Å²) in [6, 6.07) is 0. The van der Waals surface area contributed by atoms with E-state index < -0.39 is 11.5 Å². The first-order valence-corrected chi connectivity index (χ1v) is 7.89. The first kappa shape index (κ1) is 16.3. The van der Waals surface area contributed by atoms with Crippen molar-refractivity contribution >= 4 is 23.6 Å². The molecule has 0 aromatic carbocycles. The third kappa shape index (κ3) is 4.69. The zero-order valence-electron chi connectivity index (χ0n) is 11.7. The van der Waals surface area contributed by atoms with Crippen LogP contribution >= 0.6 is 11.8 Å². The van der Waals surface area contributed by atoms with Gasteiger partial charge >= 0.3 is 5.97 Å². The first-order valence-electron chi connectivity index (χ1n) is 6.84. The zero-order chi connectivity index (χ0) is 14.3. The van der Waals surface area contributed by atoms with Gasteiger partial charge in [0.2, 0.25) is 5.91 Å². The van der Waals surface area contributed by atoms with Gasteiger partial charge in [-0.25, -0.2) is 0 Å². The van der Waals surface area contributed by atoms with Crippen molar-refractivity contribution in [2.45, 2.75) is 49.8 Å². The number of carboxylic acid groups (broad SMARTS) is 1. The molecule has 6 heteroatoms. The molecule has 3 N–H and O–H groups in total. The molecule has 110 valence electrons. The lowest BCUT2D eigenvalue weighted by molar-refractivity contribution is -0.146. The van der Waals surface area contributed by atoms with E-state index in [0.717, 1.165) is 19.3 Å². The van der Waals surface area contributed by atoms with Crippen LogP contribution in [0.1, 0.15) is 39.0 Å². The number of carbonyl (C=O) groups is 2. The third-order valence-electron chi connectivity index (χ3n) is 3.62. The van der Waals surface area contributed by atoms with Gasteiger partial charge in [-0.2, -0.15) is 0 Å². The van der Waals surface area contributed by atoms with Gasteiger partial charge in [0, 0.05) is 11.8 Å². The van der Waals surface area contributed by atoms with Crippen LogP contribution in [0, 0.1) is 0 Å². The van der Waals surface area contributed by atoms with Crippen molar-refractivity contribution in [2.75, 3.05) is 19.3 Å². The topological polar surface area (TPSA) is 78.4 Å². The largest absolute Gasteiger partial charge is 0.480 e. The number of nitrogens with one attached hydrogen (secondary N) is 2. The number of thioether (sulfide) groups is 1. The lowest BCUT2D eigenvalue weighted by Gasteiger charge is -2.37. The van der Waals surface area contributed by atoms with Gasteiger partial charge in [0.25, 0.3) is 0 Å². The van der Waals surface area contributed by atoms with E-state index in [-0.39, 0.29) is 11.2 Å². The molecule has 0 aliphatic heterocycles. The summed E-state index contributed by atoms with van der Waals surface area (Å²) in [4.78, 5) is 22.9. The van der Waals surface area contributed by atoms with Gasteiger partial charge in [-0.05, 0) is 39.2 Å². The van der Waals surface area contributed by atoms with E-state index in [2.05, 4.69) is 10.6 Å². The predicted molar refractivity (Wildman–Crippen MR) is 77.4 cm³/mol. The fourth-order valence-corrected chi connectivity index (χ4v) is 3.63. The van der Waals surface area contributed by atoms with Crippen molar-refractivity contribution in [1.29, 1.82) is 0 Å². The maximum atomic E-state index is 11.5. The number of hydrogen-bond acceptors (Lipinski definition) is 4. The summed E-state index contributed by atoms with van der Waals surface area (Å²) in [5.74, 6) is -0.317. The zero-order valence-corrected chi connectivity index (χ0v) is 12.5. The minimum Gasteiger partial charge on any atom is -0.480 e. The van der Waals surface area contributed by atoms with E-state index in [9.17, 15) is 14.7 Å². The maximum absolute atomic E-state index is 11.5. The molecule has 19 heavy (non-hydrogen) atoms. The standard InChI is InChI=1S/C13H24N2O3S/c1-3-7-15-11(16)9-19-10-5-4-6-13(8-10,14-2)12(17)18/h10,14H,3-9H2,1-2H3,(H,15,16)(H,17,18). The second kappa shape index (κ2) is 7.75. The highest BCUT2D eigenvalue weighted by molar-refractivity contribution is 8.00. The quantitative estimate of drug-likeness (QED) is 0.657. The Kier molecular flexibility index (Phi) is 6.65. The molecule has 0 heterocycles. The summed E-state index contributed by atoms with van der Waals surface area (Å²) >= 11 is 1.58. The molecular weight excluding hydrogens is 264 g/mol. The van der Waals surface area contributed by atoms with Crippen molar-refractivity contribution in [3.8, 4) is 0 Å². The van der Waals surface area contributed by atoms with E-state index in [4.69, 9.17) is 0 Å². The van der Waals surface area contributed by atoms with Gasteiger partial charge in [-0.3, -0.25) is 9.59 Å². The number of carbonyl (C=O) groups excluding carboxylic acids is 1. The molecule has 0 aromatic rings. The van der Waals surface area contributed by atoms with Crippen LogP contribution < -0.4 is 10.6 Å². The molecule has 1 aliphatic rings. The Morgan fingerprint density at radius 2 is 2.21 bits per heavy atom. The number of aliphatic carboxylic acids is 1. The Balaban J connectivity index is 2.43. The normalized spacial score (nSPS) is 26.9. The molecule has 0 radical (unpaired) electrons. The molecule has 0 spiro atoms. The fraction of sp³-hybridized carbons (Fsp3) is 0.846. The third-order valence-corrected chi connectivity index (χ3v) is 4.92. The summed E-state index contributed by atoms with van der Waals surface area (Å²) < 4.78 is 0. The van der Waals surface area contributed by atoms with Gasteiger partial charge in [0.15, 0.2) is 0 Å². The Hall–Kier alpha value is -0.750. The summed E-state index contributed by atoms with van der Waals surface area (Å²) in [6.45, 7) is 2.72. The molecule has 1 saturated carbocycles. The minimum atomic E-state index is -0.810. The van der Waals surface area contributed by atoms with Crippen molar-refractivity contribution in [1.82, 2.24) is 10.6 Å². The number of hydrogen-bond donors (Lipinski definition) is 3. The Morgan fingerprint density at radius 3 is 2.79 bits per heavy atom. The lowest BCUT2D eigenvalue weighted by atomic mass is 9.81. The first-order chi connectivity index (χ1) is 9.04. The van der Waals surface area contributed by atoms with Crippen LogP contribution in [-0.2, 0) is 9.59 Å². The van der Waals surface area contributed by atoms with E-state index in [1.165, 1.54) is 0 Å². The number of carboxylic acids is 1. The summed E-state index contributed by atoms with van der Waals surface area (Å²) in [6.07, 6.45) is 4.06. The second-order valence-corrected chi connectivity index (χ2v) is 6.31. The molecule has 1 amide bonds. The highest BCUT2D eigenvalue weighted by Crippen LogP contribution is 2.35. The Labute approximate surface area is 118 Å². The van der Waals surface area contributed by atoms with Crippen LogP contribution in [0.15, 0.2) is 0 Å². The van der Waals surface area contributed by atoms with Crippen molar-refractivity contribution < 1.29 is 14.7 Å². The minimum absolute atomic E-state index is 0.0443. The Bertz CT molecular complexity index is 325. The Morgan fingerprint density at radius 1 is 1.47 bits per heavy atom. The smallest absolute Gasteiger partial charge is 0.323 e. The van der Waals surface area contributed by atoms with Gasteiger partial charge in [0.05, 0.1) is 5.75 Å². The molecule has 1 rings (SSSR count). The van der Waals surface area contributed by atoms with Gasteiger partial charge in [-0.15, -0.1) is 11.8 Å². The molecule has 0 bridgehead atoms. The van der Waals surface area contributed by atoms with Crippen molar-refractivity contribution in [3.63, 3.8) is 0 Å². The van der Waals surface area contributed by atoms with Crippen molar-refractivity contribution in [2.24, 2.45) is 0 Å². The lowest BCUT2D eigenvalue weighted by Crippen LogP contribution is -2.54. The number of likely N-dealkylation sites (N-methyl/N-ethyl adjacent to an activating group) is 1. The molecule has 1 aliphatic carbocycles. The fourth-order valence-electron chi connectivity index (χ4n) is 2.40. The van der Waals surface area contributed by atoms with Crippen LogP contribution in [0.3, 0.4) is 0 Å². The highest BCUT2D eigenvalue weighted by Gasteiger charge is 2.41. The second-order valence-electron chi connectivity index (χ2n) is 5.02. The molecule has 0 saturated heterocycles. The van der Waals surface area contributed by atoms with Gasteiger partial charge in [-0.1, -0.05) is 6.92 Å². The SMILES string of the molecule is CCCNC(=O)CSC1CCCC(NC)(C(=O)O)C1. The monoisotopic (exact) mass is 288 g/mol. The van der Waals surface area contributed by atoms with E-state index in [1.54, 1.807) is 18.8 Å². The van der Waals surface area contributed by atoms with Crippen LogP contribution in [0.5, 0.6) is 0 Å². The molecule has 2 unspecified atom stereocenters. The maximum Gasteiger partial charge on any atom is 0.323 e. The molecule has 0 aromatic heterocycles. The van der Waals surface area contributed by atoms with Crippen LogP contribution in [-0.4, -0.2) is 47.1 Å².